The van der Waals surface area contributed by atoms with Gasteiger partial charge in [0.1, 0.15) is 0 Å². The Morgan fingerprint density at radius 1 is 0.792 bits per heavy atom. The van der Waals surface area contributed by atoms with E-state index in [0.29, 0.717) is 5.92 Å². The molecule has 6 atom stereocenters. The van der Waals surface area contributed by atoms with Gasteiger partial charge >= 0.3 is 0 Å². The normalized spacial score (nSPS) is 37.9. The van der Waals surface area contributed by atoms with Crippen LogP contribution >= 0.6 is 0 Å². The standard InChI is InChI=1S/C19H31NO4/c1-21-16-7-5-13(10-18(16)23-3)9-15(12-20)14-6-8-17(22-2)19(11-14)24-4/h9,13-14,16-19H,5-8,10-11H2,1-4H3/b15-9-. The van der Waals surface area contributed by atoms with Crippen LogP contribution < -0.4 is 0 Å². The van der Waals surface area contributed by atoms with Gasteiger partial charge < -0.3 is 18.9 Å². The Hall–Kier alpha value is -0.930. The first-order chi connectivity index (χ1) is 11.7. The van der Waals surface area contributed by atoms with Gasteiger partial charge in [0.05, 0.1) is 30.5 Å². The molecule has 0 aromatic carbocycles. The van der Waals surface area contributed by atoms with Gasteiger partial charge in [-0.2, -0.15) is 5.26 Å². The van der Waals surface area contributed by atoms with Crippen LogP contribution in [0.25, 0.3) is 0 Å². The van der Waals surface area contributed by atoms with Gasteiger partial charge in [0.15, 0.2) is 0 Å². The lowest BCUT2D eigenvalue weighted by molar-refractivity contribution is -0.0676. The monoisotopic (exact) mass is 337 g/mol. The van der Waals surface area contributed by atoms with Gasteiger partial charge in [-0.1, -0.05) is 6.08 Å². The molecule has 0 N–H and O–H groups in total. The lowest BCUT2D eigenvalue weighted by Gasteiger charge is -2.35. The predicted molar refractivity (Wildman–Crippen MR) is 91.6 cm³/mol. The molecule has 2 aliphatic carbocycles. The van der Waals surface area contributed by atoms with E-state index in [0.717, 1.165) is 44.1 Å². The van der Waals surface area contributed by atoms with Gasteiger partial charge in [-0.05, 0) is 50.4 Å². The summed E-state index contributed by atoms with van der Waals surface area (Å²) in [6.45, 7) is 0. The van der Waals surface area contributed by atoms with E-state index in [2.05, 4.69) is 12.1 Å². The molecular weight excluding hydrogens is 306 g/mol. The van der Waals surface area contributed by atoms with Crippen LogP contribution in [0.5, 0.6) is 0 Å². The third-order valence-corrected chi connectivity index (χ3v) is 5.70. The molecule has 2 rings (SSSR count). The summed E-state index contributed by atoms with van der Waals surface area (Å²) in [4.78, 5) is 0. The highest BCUT2D eigenvalue weighted by Gasteiger charge is 2.34. The fraction of sp³-hybridized carbons (Fsp3) is 0.842. The van der Waals surface area contributed by atoms with Gasteiger partial charge in [0, 0.05) is 34.0 Å². The van der Waals surface area contributed by atoms with Crippen molar-refractivity contribution in [1.29, 1.82) is 5.26 Å². The molecule has 0 aromatic heterocycles. The molecule has 5 nitrogen and oxygen atoms in total. The Kier molecular flexibility index (Phi) is 7.70. The van der Waals surface area contributed by atoms with E-state index in [9.17, 15) is 5.26 Å². The molecule has 0 bridgehead atoms. The zero-order valence-electron chi connectivity index (χ0n) is 15.4. The molecule has 0 heterocycles. The van der Waals surface area contributed by atoms with E-state index in [1.54, 1.807) is 28.4 Å². The molecule has 136 valence electrons. The molecule has 24 heavy (non-hydrogen) atoms. The molecule has 0 amide bonds. The van der Waals surface area contributed by atoms with E-state index >= 15 is 0 Å². The molecule has 2 fully saturated rings. The van der Waals surface area contributed by atoms with Crippen LogP contribution in [0.3, 0.4) is 0 Å². The second-order valence-electron chi connectivity index (χ2n) is 6.91. The molecule has 5 heteroatoms. The highest BCUT2D eigenvalue weighted by Crippen LogP contribution is 2.35. The van der Waals surface area contributed by atoms with Crippen LogP contribution in [0.2, 0.25) is 0 Å². The van der Waals surface area contributed by atoms with Gasteiger partial charge in [-0.25, -0.2) is 0 Å². The van der Waals surface area contributed by atoms with Crippen LogP contribution in [0.15, 0.2) is 11.6 Å². The Balaban J connectivity index is 2.03. The van der Waals surface area contributed by atoms with Crippen molar-refractivity contribution in [2.75, 3.05) is 28.4 Å². The quantitative estimate of drug-likeness (QED) is 0.697. The van der Waals surface area contributed by atoms with E-state index in [1.807, 2.05) is 0 Å². The second-order valence-corrected chi connectivity index (χ2v) is 6.91. The van der Waals surface area contributed by atoms with Gasteiger partial charge in [-0.15, -0.1) is 0 Å². The maximum Gasteiger partial charge on any atom is 0.0946 e. The van der Waals surface area contributed by atoms with Crippen LogP contribution in [-0.2, 0) is 18.9 Å². The average Bonchev–Trinajstić information content (AvgIpc) is 2.65. The van der Waals surface area contributed by atoms with E-state index in [-0.39, 0.29) is 30.3 Å². The van der Waals surface area contributed by atoms with Crippen LogP contribution in [0, 0.1) is 23.2 Å². The second kappa shape index (κ2) is 9.53. The largest absolute Gasteiger partial charge is 0.379 e. The third kappa shape index (κ3) is 4.58. The van der Waals surface area contributed by atoms with Crippen molar-refractivity contribution in [1.82, 2.24) is 0 Å². The number of nitriles is 1. The first kappa shape index (κ1) is 19.4. The van der Waals surface area contributed by atoms with Crippen molar-refractivity contribution in [3.8, 4) is 6.07 Å². The molecule has 2 aliphatic rings. The van der Waals surface area contributed by atoms with Crippen molar-refractivity contribution in [2.45, 2.75) is 62.9 Å². The number of allylic oxidation sites excluding steroid dienone is 2. The first-order valence-electron chi connectivity index (χ1n) is 8.89. The molecule has 2 saturated carbocycles. The van der Waals surface area contributed by atoms with Gasteiger partial charge in [-0.3, -0.25) is 0 Å². The minimum absolute atomic E-state index is 0.0708. The Labute approximate surface area is 145 Å². The summed E-state index contributed by atoms with van der Waals surface area (Å²) in [5, 5.41) is 9.67. The maximum atomic E-state index is 9.67. The molecule has 0 aromatic rings. The van der Waals surface area contributed by atoms with Crippen molar-refractivity contribution in [3.05, 3.63) is 11.6 Å². The maximum absolute atomic E-state index is 9.67. The topological polar surface area (TPSA) is 60.7 Å². The highest BCUT2D eigenvalue weighted by molar-refractivity contribution is 5.26. The molecular formula is C19H31NO4. The zero-order chi connectivity index (χ0) is 17.5. The smallest absolute Gasteiger partial charge is 0.0946 e. The van der Waals surface area contributed by atoms with Crippen LogP contribution in [0.4, 0.5) is 0 Å². The number of hydrogen-bond acceptors (Lipinski definition) is 5. The van der Waals surface area contributed by atoms with Crippen LogP contribution in [0.1, 0.15) is 38.5 Å². The SMILES string of the molecule is COC1CCC(/C=C(/C#N)C2CCC(OC)C(OC)C2)CC1OC. The lowest BCUT2D eigenvalue weighted by Crippen LogP contribution is -2.37. The summed E-state index contributed by atoms with van der Waals surface area (Å²) < 4.78 is 22.2. The Morgan fingerprint density at radius 2 is 1.33 bits per heavy atom. The average molecular weight is 337 g/mol. The Morgan fingerprint density at radius 3 is 1.88 bits per heavy atom. The van der Waals surface area contributed by atoms with Crippen molar-refractivity contribution in [3.63, 3.8) is 0 Å². The minimum atomic E-state index is 0.0708. The molecule has 0 spiro atoms. The summed E-state index contributed by atoms with van der Waals surface area (Å²) in [7, 11) is 6.94. The fourth-order valence-corrected chi connectivity index (χ4v) is 4.22. The van der Waals surface area contributed by atoms with Gasteiger partial charge in [0.2, 0.25) is 0 Å². The summed E-state index contributed by atoms with van der Waals surface area (Å²) in [5.41, 5.74) is 0.905. The van der Waals surface area contributed by atoms with Crippen molar-refractivity contribution in [2.24, 2.45) is 11.8 Å². The zero-order valence-corrected chi connectivity index (χ0v) is 15.4. The number of hydrogen-bond donors (Lipinski definition) is 0. The number of nitrogens with zero attached hydrogens (tertiary/aromatic N) is 1. The lowest BCUT2D eigenvalue weighted by atomic mass is 9.78. The summed E-state index contributed by atoms with van der Waals surface area (Å²) >= 11 is 0. The van der Waals surface area contributed by atoms with Crippen molar-refractivity contribution >= 4 is 0 Å². The van der Waals surface area contributed by atoms with Gasteiger partial charge in [0.25, 0.3) is 0 Å². The molecule has 0 aliphatic heterocycles. The molecule has 6 unspecified atom stereocenters. The minimum Gasteiger partial charge on any atom is -0.379 e. The third-order valence-electron chi connectivity index (χ3n) is 5.70. The number of ether oxygens (including phenoxy) is 4. The summed E-state index contributed by atoms with van der Waals surface area (Å²) in [6, 6.07) is 2.45. The molecule has 0 saturated heterocycles. The fourth-order valence-electron chi connectivity index (χ4n) is 4.22. The summed E-state index contributed by atoms with van der Waals surface area (Å²) in [5.74, 6) is 0.657. The van der Waals surface area contributed by atoms with Crippen LogP contribution in [-0.4, -0.2) is 52.9 Å². The van der Waals surface area contributed by atoms with E-state index in [4.69, 9.17) is 18.9 Å². The van der Waals surface area contributed by atoms with E-state index < -0.39 is 0 Å². The predicted octanol–water partition coefficient (Wildman–Crippen LogP) is 3.10. The summed E-state index contributed by atoms with van der Waals surface area (Å²) in [6.07, 6.45) is 8.40. The van der Waals surface area contributed by atoms with E-state index in [1.165, 1.54) is 0 Å². The Bertz CT molecular complexity index is 459. The highest BCUT2D eigenvalue weighted by atomic mass is 16.5. The number of methoxy groups -OCH3 is 4. The number of rotatable bonds is 6. The first-order valence-corrected chi connectivity index (χ1v) is 8.89. The van der Waals surface area contributed by atoms with Crippen molar-refractivity contribution < 1.29 is 18.9 Å². The molecule has 0 radical (unpaired) electrons.